The second-order valence-corrected chi connectivity index (χ2v) is 5.61. The van der Waals surface area contributed by atoms with Crippen LogP contribution >= 0.6 is 0 Å². The molecule has 0 unspecified atom stereocenters. The van der Waals surface area contributed by atoms with Gasteiger partial charge >= 0.3 is 0 Å². The molecular weight excluding hydrogens is 227 g/mol. The average molecular weight is 250 g/mol. The number of hydrogen-bond acceptors (Lipinski definition) is 2. The van der Waals surface area contributed by atoms with Crippen molar-refractivity contribution >= 4 is 5.69 Å². The molecule has 0 spiro atoms. The fraction of sp³-hybridized carbons (Fsp3) is 0.600. The molecule has 2 nitrogen and oxygen atoms in total. The van der Waals surface area contributed by atoms with Gasteiger partial charge in [0.1, 0.15) is 5.82 Å². The predicted octanol–water partition coefficient (Wildman–Crippen LogP) is 3.01. The summed E-state index contributed by atoms with van der Waals surface area (Å²) in [7, 11) is 2.11. The first-order chi connectivity index (χ1) is 8.49. The van der Waals surface area contributed by atoms with E-state index in [0.29, 0.717) is 5.92 Å². The first-order valence-corrected chi connectivity index (χ1v) is 6.72. The van der Waals surface area contributed by atoms with E-state index in [0.717, 1.165) is 43.0 Å². The van der Waals surface area contributed by atoms with Crippen molar-refractivity contribution in [3.05, 3.63) is 29.1 Å². The Bertz CT molecular complexity index is 397. The first kappa shape index (κ1) is 13.3. The van der Waals surface area contributed by atoms with Crippen molar-refractivity contribution in [1.29, 1.82) is 0 Å². The van der Waals surface area contributed by atoms with Crippen LogP contribution in [0.2, 0.25) is 0 Å². The molecule has 0 saturated carbocycles. The van der Waals surface area contributed by atoms with Crippen LogP contribution in [0, 0.1) is 12.7 Å². The summed E-state index contributed by atoms with van der Waals surface area (Å²) in [4.78, 5) is 4.46. The molecule has 1 aliphatic heterocycles. The lowest BCUT2D eigenvalue weighted by molar-refractivity contribution is 0.311. The molecule has 0 amide bonds. The maximum Gasteiger partial charge on any atom is 0.147 e. The van der Waals surface area contributed by atoms with Crippen molar-refractivity contribution in [2.75, 3.05) is 38.1 Å². The van der Waals surface area contributed by atoms with Crippen LogP contribution in [0.15, 0.2) is 12.1 Å². The predicted molar refractivity (Wildman–Crippen MR) is 74.9 cm³/mol. The van der Waals surface area contributed by atoms with E-state index < -0.39 is 0 Å². The number of benzene rings is 1. The van der Waals surface area contributed by atoms with E-state index in [4.69, 9.17) is 0 Å². The van der Waals surface area contributed by atoms with Gasteiger partial charge in [-0.25, -0.2) is 4.39 Å². The van der Waals surface area contributed by atoms with Gasteiger partial charge in [-0.15, -0.1) is 0 Å². The van der Waals surface area contributed by atoms with Gasteiger partial charge in [-0.3, -0.25) is 0 Å². The van der Waals surface area contributed by atoms with E-state index in [-0.39, 0.29) is 5.82 Å². The van der Waals surface area contributed by atoms with E-state index >= 15 is 0 Å². The van der Waals surface area contributed by atoms with Gasteiger partial charge in [0.25, 0.3) is 0 Å². The van der Waals surface area contributed by atoms with Crippen molar-refractivity contribution in [2.24, 2.45) is 0 Å². The largest absolute Gasteiger partial charge is 0.366 e. The zero-order valence-corrected chi connectivity index (χ0v) is 11.8. The molecule has 3 heteroatoms. The summed E-state index contributed by atoms with van der Waals surface area (Å²) in [6.07, 6.45) is 0. The van der Waals surface area contributed by atoms with Crippen LogP contribution < -0.4 is 4.90 Å². The summed E-state index contributed by atoms with van der Waals surface area (Å²) in [6, 6.07) is 3.83. The van der Waals surface area contributed by atoms with Crippen LogP contribution in [-0.2, 0) is 0 Å². The van der Waals surface area contributed by atoms with Gasteiger partial charge in [0, 0.05) is 26.2 Å². The second kappa shape index (κ2) is 5.27. The lowest BCUT2D eigenvalue weighted by Gasteiger charge is -2.35. The molecule has 0 N–H and O–H groups in total. The van der Waals surface area contributed by atoms with Gasteiger partial charge < -0.3 is 9.80 Å². The molecule has 2 rings (SSSR count). The number of likely N-dealkylation sites (N-methyl/N-ethyl adjacent to an activating group) is 1. The number of halogens is 1. The van der Waals surface area contributed by atoms with Gasteiger partial charge in [0.15, 0.2) is 0 Å². The molecule has 0 radical (unpaired) electrons. The van der Waals surface area contributed by atoms with Crippen molar-refractivity contribution in [3.8, 4) is 0 Å². The molecule has 0 atom stereocenters. The van der Waals surface area contributed by atoms with E-state index in [9.17, 15) is 4.39 Å². The minimum absolute atomic E-state index is 0.0664. The number of hydrogen-bond donors (Lipinski definition) is 0. The van der Waals surface area contributed by atoms with Crippen molar-refractivity contribution in [1.82, 2.24) is 4.90 Å². The Morgan fingerprint density at radius 1 is 1.11 bits per heavy atom. The fourth-order valence-electron chi connectivity index (χ4n) is 2.53. The highest BCUT2D eigenvalue weighted by Gasteiger charge is 2.20. The average Bonchev–Trinajstić information content (AvgIpc) is 2.30. The molecule has 1 aromatic carbocycles. The van der Waals surface area contributed by atoms with Crippen LogP contribution in [-0.4, -0.2) is 38.1 Å². The molecule has 0 aliphatic carbocycles. The highest BCUT2D eigenvalue weighted by molar-refractivity contribution is 5.56. The van der Waals surface area contributed by atoms with E-state index in [1.165, 1.54) is 0 Å². The third-order valence-electron chi connectivity index (χ3n) is 3.76. The number of anilines is 1. The summed E-state index contributed by atoms with van der Waals surface area (Å²) < 4.78 is 14.3. The fourth-order valence-corrected chi connectivity index (χ4v) is 2.53. The molecule has 1 fully saturated rings. The van der Waals surface area contributed by atoms with Gasteiger partial charge in [-0.05, 0) is 37.1 Å². The quantitative estimate of drug-likeness (QED) is 0.796. The maximum atomic E-state index is 14.3. The van der Waals surface area contributed by atoms with Gasteiger partial charge in [0.2, 0.25) is 0 Å². The van der Waals surface area contributed by atoms with Crippen molar-refractivity contribution in [3.63, 3.8) is 0 Å². The lowest BCUT2D eigenvalue weighted by Crippen LogP contribution is -2.45. The molecule has 0 bridgehead atoms. The van der Waals surface area contributed by atoms with Crippen LogP contribution in [0.25, 0.3) is 0 Å². The topological polar surface area (TPSA) is 6.48 Å². The number of rotatable bonds is 2. The highest BCUT2D eigenvalue weighted by Crippen LogP contribution is 2.29. The molecule has 1 aliphatic rings. The van der Waals surface area contributed by atoms with Gasteiger partial charge in [-0.1, -0.05) is 19.9 Å². The summed E-state index contributed by atoms with van der Waals surface area (Å²) in [5, 5.41) is 0. The number of aryl methyl sites for hydroxylation is 1. The molecule has 100 valence electrons. The van der Waals surface area contributed by atoms with Gasteiger partial charge in [-0.2, -0.15) is 0 Å². The number of nitrogens with zero attached hydrogens (tertiary/aromatic N) is 2. The molecule has 1 heterocycles. The van der Waals surface area contributed by atoms with E-state index in [1.807, 2.05) is 6.92 Å². The van der Waals surface area contributed by atoms with Crippen LogP contribution in [0.3, 0.4) is 0 Å². The van der Waals surface area contributed by atoms with Gasteiger partial charge in [0.05, 0.1) is 5.69 Å². The highest BCUT2D eigenvalue weighted by atomic mass is 19.1. The summed E-state index contributed by atoms with van der Waals surface area (Å²) in [6.45, 7) is 10.1. The second-order valence-electron chi connectivity index (χ2n) is 5.61. The Kier molecular flexibility index (Phi) is 3.91. The Morgan fingerprint density at radius 2 is 1.72 bits per heavy atom. The molecule has 1 aromatic rings. The monoisotopic (exact) mass is 250 g/mol. The zero-order valence-electron chi connectivity index (χ0n) is 11.8. The van der Waals surface area contributed by atoms with Crippen LogP contribution in [0.4, 0.5) is 10.1 Å². The minimum Gasteiger partial charge on any atom is -0.366 e. The molecule has 1 saturated heterocycles. The summed E-state index contributed by atoms with van der Waals surface area (Å²) in [5.41, 5.74) is 2.94. The van der Waals surface area contributed by atoms with E-state index in [2.05, 4.69) is 36.8 Å². The van der Waals surface area contributed by atoms with Crippen LogP contribution in [0.1, 0.15) is 30.9 Å². The lowest BCUT2D eigenvalue weighted by atomic mass is 9.99. The summed E-state index contributed by atoms with van der Waals surface area (Å²) in [5.74, 6) is 0.308. The molecule has 0 aromatic heterocycles. The Balaban J connectivity index is 2.28. The van der Waals surface area contributed by atoms with Crippen molar-refractivity contribution in [2.45, 2.75) is 26.7 Å². The Morgan fingerprint density at radius 3 is 2.22 bits per heavy atom. The third kappa shape index (κ3) is 2.66. The summed E-state index contributed by atoms with van der Waals surface area (Å²) >= 11 is 0. The Labute approximate surface area is 109 Å². The standard InChI is InChI=1S/C15H23FN2/c1-11(2)13-9-12(3)15(14(16)10-13)18-7-5-17(4)6-8-18/h9-11H,5-8H2,1-4H3. The maximum absolute atomic E-state index is 14.3. The minimum atomic E-state index is -0.0664. The normalized spacial score (nSPS) is 17.6. The van der Waals surface area contributed by atoms with Crippen molar-refractivity contribution < 1.29 is 4.39 Å². The molecule has 18 heavy (non-hydrogen) atoms. The zero-order chi connectivity index (χ0) is 13.3. The first-order valence-electron chi connectivity index (χ1n) is 6.72. The van der Waals surface area contributed by atoms with E-state index in [1.54, 1.807) is 6.07 Å². The SMILES string of the molecule is Cc1cc(C(C)C)cc(F)c1N1CCN(C)CC1. The smallest absolute Gasteiger partial charge is 0.147 e. The number of piperazine rings is 1. The molecular formula is C15H23FN2. The Hall–Kier alpha value is -1.09. The van der Waals surface area contributed by atoms with Crippen LogP contribution in [0.5, 0.6) is 0 Å². The third-order valence-corrected chi connectivity index (χ3v) is 3.76.